The summed E-state index contributed by atoms with van der Waals surface area (Å²) in [7, 11) is 0. The molecule has 1 aliphatic carbocycles. The third-order valence-electron chi connectivity index (χ3n) is 7.06. The monoisotopic (exact) mass is 360 g/mol. The first kappa shape index (κ1) is 18.0. The van der Waals surface area contributed by atoms with Crippen LogP contribution < -0.4 is 0 Å². The Labute approximate surface area is 156 Å². The molecule has 3 heterocycles. The fourth-order valence-electron chi connectivity index (χ4n) is 5.56. The lowest BCUT2D eigenvalue weighted by Crippen LogP contribution is -2.45. The summed E-state index contributed by atoms with van der Waals surface area (Å²) in [6, 6.07) is 0. The van der Waals surface area contributed by atoms with Crippen LogP contribution in [-0.4, -0.2) is 63.6 Å². The molecule has 0 aromatic carbocycles. The van der Waals surface area contributed by atoms with E-state index in [2.05, 4.69) is 19.8 Å². The number of H-pyrrole nitrogens is 1. The van der Waals surface area contributed by atoms with Crippen LogP contribution >= 0.6 is 0 Å². The number of nitrogens with one attached hydrogen (secondary N) is 1. The highest BCUT2D eigenvalue weighted by Gasteiger charge is 2.51. The topological polar surface area (TPSA) is 72.5 Å². The minimum absolute atomic E-state index is 0.0228. The Hall–Kier alpha value is -1.40. The lowest BCUT2D eigenvalue weighted by atomic mass is 9.71. The number of hydrogen-bond acceptors (Lipinski definition) is 4. The maximum absolute atomic E-state index is 12.0. The van der Waals surface area contributed by atoms with E-state index in [4.69, 9.17) is 0 Å². The Morgan fingerprint density at radius 3 is 2.65 bits per heavy atom. The molecule has 2 saturated heterocycles. The number of carbonyl (C=O) groups is 1. The minimum atomic E-state index is -0.585. The molecule has 0 radical (unpaired) electrons. The third kappa shape index (κ3) is 3.81. The van der Waals surface area contributed by atoms with Crippen molar-refractivity contribution in [2.45, 2.75) is 51.5 Å². The maximum atomic E-state index is 12.0. The first-order valence-electron chi connectivity index (χ1n) is 10.3. The summed E-state index contributed by atoms with van der Waals surface area (Å²) in [6.07, 6.45) is 12.4. The van der Waals surface area contributed by atoms with E-state index in [1.54, 1.807) is 6.33 Å². The van der Waals surface area contributed by atoms with Crippen LogP contribution in [0.15, 0.2) is 12.5 Å². The van der Waals surface area contributed by atoms with Crippen LogP contribution in [0.5, 0.6) is 0 Å². The molecule has 6 nitrogen and oxygen atoms in total. The van der Waals surface area contributed by atoms with Crippen LogP contribution in [0.25, 0.3) is 0 Å². The number of imidazole rings is 1. The summed E-state index contributed by atoms with van der Waals surface area (Å²) in [5.41, 5.74) is 1.12. The van der Waals surface area contributed by atoms with E-state index >= 15 is 0 Å². The predicted octanol–water partition coefficient (Wildman–Crippen LogP) is 2.59. The van der Waals surface area contributed by atoms with E-state index in [-0.39, 0.29) is 11.3 Å². The number of hydrogen-bond donors (Lipinski definition) is 2. The van der Waals surface area contributed by atoms with Crippen LogP contribution in [0.1, 0.15) is 50.6 Å². The van der Waals surface area contributed by atoms with Gasteiger partial charge in [-0.15, -0.1) is 0 Å². The summed E-state index contributed by atoms with van der Waals surface area (Å²) in [6.45, 7) is 5.72. The quantitative estimate of drug-likeness (QED) is 0.844. The number of piperidine rings is 1. The molecule has 1 spiro atoms. The zero-order valence-corrected chi connectivity index (χ0v) is 15.7. The van der Waals surface area contributed by atoms with Gasteiger partial charge in [0.05, 0.1) is 12.2 Å². The fourth-order valence-corrected chi connectivity index (χ4v) is 5.56. The second-order valence-corrected chi connectivity index (χ2v) is 8.80. The molecule has 1 atom stereocenters. The lowest BCUT2D eigenvalue weighted by molar-refractivity contribution is -0.146. The maximum Gasteiger partial charge on any atom is 0.308 e. The van der Waals surface area contributed by atoms with Crippen molar-refractivity contribution < 1.29 is 9.90 Å². The number of carboxylic acid groups (broad SMARTS) is 1. The fraction of sp³-hybridized carbons (Fsp3) is 0.800. The molecule has 1 aromatic rings. The summed E-state index contributed by atoms with van der Waals surface area (Å²) in [5.74, 6) is 0.00682. The number of aromatic amines is 1. The Kier molecular flexibility index (Phi) is 5.32. The number of aromatic nitrogens is 2. The lowest BCUT2D eigenvalue weighted by Gasteiger charge is -2.41. The van der Waals surface area contributed by atoms with E-state index in [0.717, 1.165) is 63.7 Å². The average molecular weight is 361 g/mol. The van der Waals surface area contributed by atoms with Gasteiger partial charge in [0, 0.05) is 43.5 Å². The number of nitrogens with zero attached hydrogens (tertiary/aromatic N) is 3. The SMILES string of the molecule is O=C(O)C1CN(CC2CCCCC2)CC12CCN(Cc1cnc[nH]1)CC2. The summed E-state index contributed by atoms with van der Waals surface area (Å²) in [4.78, 5) is 24.2. The first-order chi connectivity index (χ1) is 12.6. The second-order valence-electron chi connectivity index (χ2n) is 8.80. The molecule has 2 aliphatic heterocycles. The van der Waals surface area contributed by atoms with Gasteiger partial charge in [0.15, 0.2) is 0 Å². The number of rotatable bonds is 5. The Morgan fingerprint density at radius 2 is 2.00 bits per heavy atom. The molecule has 2 N–H and O–H groups in total. The highest BCUT2D eigenvalue weighted by molar-refractivity contribution is 5.72. The van der Waals surface area contributed by atoms with Crippen LogP contribution in [0, 0.1) is 17.3 Å². The second kappa shape index (κ2) is 7.69. The molecule has 6 heteroatoms. The molecule has 144 valence electrons. The van der Waals surface area contributed by atoms with Crippen LogP contribution in [0.4, 0.5) is 0 Å². The molecule has 3 fully saturated rings. The standard InChI is InChI=1S/C20H32N4O2/c25-19(26)18-13-24(11-16-4-2-1-3-5-16)14-20(18)6-8-23(9-7-20)12-17-10-21-15-22-17/h10,15-16,18H,1-9,11-14H2,(H,21,22)(H,25,26). The van der Waals surface area contributed by atoms with Gasteiger partial charge in [-0.3, -0.25) is 9.69 Å². The Bertz CT molecular complexity index is 589. The molecule has 3 aliphatic rings. The van der Waals surface area contributed by atoms with Gasteiger partial charge in [0.25, 0.3) is 0 Å². The van der Waals surface area contributed by atoms with E-state index in [1.165, 1.54) is 32.1 Å². The van der Waals surface area contributed by atoms with Crippen LogP contribution in [0.3, 0.4) is 0 Å². The van der Waals surface area contributed by atoms with E-state index in [0.29, 0.717) is 0 Å². The predicted molar refractivity (Wildman–Crippen MR) is 99.7 cm³/mol. The molecular weight excluding hydrogens is 328 g/mol. The van der Waals surface area contributed by atoms with Crippen molar-refractivity contribution >= 4 is 5.97 Å². The van der Waals surface area contributed by atoms with Gasteiger partial charge in [-0.1, -0.05) is 19.3 Å². The average Bonchev–Trinajstić information content (AvgIpc) is 3.26. The molecule has 0 amide bonds. The molecule has 0 bridgehead atoms. The van der Waals surface area contributed by atoms with Crippen LogP contribution in [0.2, 0.25) is 0 Å². The summed E-state index contributed by atoms with van der Waals surface area (Å²) >= 11 is 0. The number of likely N-dealkylation sites (tertiary alicyclic amines) is 2. The van der Waals surface area contributed by atoms with Gasteiger partial charge in [-0.2, -0.15) is 0 Å². The van der Waals surface area contributed by atoms with Crippen molar-refractivity contribution in [3.8, 4) is 0 Å². The van der Waals surface area contributed by atoms with Gasteiger partial charge in [-0.05, 0) is 44.7 Å². The molecule has 1 aromatic heterocycles. The Morgan fingerprint density at radius 1 is 1.23 bits per heavy atom. The first-order valence-corrected chi connectivity index (χ1v) is 10.3. The van der Waals surface area contributed by atoms with Crippen molar-refractivity contribution in [3.63, 3.8) is 0 Å². The molecule has 1 saturated carbocycles. The van der Waals surface area contributed by atoms with Gasteiger partial charge >= 0.3 is 5.97 Å². The number of carboxylic acids is 1. The minimum Gasteiger partial charge on any atom is -0.481 e. The smallest absolute Gasteiger partial charge is 0.308 e. The largest absolute Gasteiger partial charge is 0.481 e. The summed E-state index contributed by atoms with van der Waals surface area (Å²) < 4.78 is 0. The number of aliphatic carboxylic acids is 1. The highest BCUT2D eigenvalue weighted by atomic mass is 16.4. The van der Waals surface area contributed by atoms with Gasteiger partial charge in [-0.25, -0.2) is 4.98 Å². The normalized spacial score (nSPS) is 27.9. The van der Waals surface area contributed by atoms with Crippen molar-refractivity contribution in [1.82, 2.24) is 19.8 Å². The van der Waals surface area contributed by atoms with Crippen LogP contribution in [-0.2, 0) is 11.3 Å². The molecular formula is C20H32N4O2. The van der Waals surface area contributed by atoms with Gasteiger partial charge < -0.3 is 15.0 Å². The Balaban J connectivity index is 1.37. The molecule has 1 unspecified atom stereocenters. The van der Waals surface area contributed by atoms with Crippen molar-refractivity contribution in [3.05, 3.63) is 18.2 Å². The van der Waals surface area contributed by atoms with Gasteiger partial charge in [0.1, 0.15) is 0 Å². The van der Waals surface area contributed by atoms with E-state index < -0.39 is 5.97 Å². The van der Waals surface area contributed by atoms with Gasteiger partial charge in [0.2, 0.25) is 0 Å². The molecule has 26 heavy (non-hydrogen) atoms. The zero-order valence-electron chi connectivity index (χ0n) is 15.7. The van der Waals surface area contributed by atoms with Crippen molar-refractivity contribution in [2.24, 2.45) is 17.3 Å². The third-order valence-corrected chi connectivity index (χ3v) is 7.06. The van der Waals surface area contributed by atoms with E-state index in [9.17, 15) is 9.90 Å². The van der Waals surface area contributed by atoms with Crippen molar-refractivity contribution in [1.29, 1.82) is 0 Å². The van der Waals surface area contributed by atoms with E-state index in [1.807, 2.05) is 6.20 Å². The van der Waals surface area contributed by atoms with Crippen molar-refractivity contribution in [2.75, 3.05) is 32.7 Å². The molecule has 4 rings (SSSR count). The zero-order chi connectivity index (χ0) is 18.0. The summed E-state index contributed by atoms with van der Waals surface area (Å²) in [5, 5.41) is 9.87. The highest BCUT2D eigenvalue weighted by Crippen LogP contribution is 2.45.